The molecule has 110 valence electrons. The van der Waals surface area contributed by atoms with Crippen molar-refractivity contribution in [1.82, 2.24) is 4.90 Å². The quantitative estimate of drug-likeness (QED) is 0.934. The normalized spacial score (nSPS) is 19.6. The third-order valence-corrected chi connectivity index (χ3v) is 4.17. The molecule has 3 nitrogen and oxygen atoms in total. The van der Waals surface area contributed by atoms with Crippen molar-refractivity contribution < 1.29 is 4.79 Å². The maximum Gasteiger partial charge on any atom is 0.238 e. The van der Waals surface area contributed by atoms with Crippen LogP contribution >= 0.6 is 0 Å². The lowest BCUT2D eigenvalue weighted by molar-refractivity contribution is -0.117. The second-order valence-electron chi connectivity index (χ2n) is 6.06. The Kier molecular flexibility index (Phi) is 4.20. The van der Waals surface area contributed by atoms with E-state index >= 15 is 0 Å². The number of benzene rings is 2. The maximum absolute atomic E-state index is 12.3. The minimum absolute atomic E-state index is 0.0838. The van der Waals surface area contributed by atoms with Gasteiger partial charge in [-0.05, 0) is 36.8 Å². The molecular formula is C18H22N2O. The fraction of sp³-hybridized carbons (Fsp3) is 0.389. The van der Waals surface area contributed by atoms with Gasteiger partial charge in [-0.2, -0.15) is 0 Å². The molecule has 21 heavy (non-hydrogen) atoms. The summed E-state index contributed by atoms with van der Waals surface area (Å²) >= 11 is 0. The van der Waals surface area contributed by atoms with Gasteiger partial charge in [0.1, 0.15) is 0 Å². The van der Waals surface area contributed by atoms with E-state index in [2.05, 4.69) is 29.3 Å². The van der Waals surface area contributed by atoms with Crippen LogP contribution in [-0.2, 0) is 4.79 Å². The largest absolute Gasteiger partial charge is 0.324 e. The fourth-order valence-electron chi connectivity index (χ4n) is 3.16. The van der Waals surface area contributed by atoms with Crippen LogP contribution in [0.25, 0.3) is 10.8 Å². The lowest BCUT2D eigenvalue weighted by Gasteiger charge is -2.30. The Labute approximate surface area is 125 Å². The van der Waals surface area contributed by atoms with Crippen molar-refractivity contribution in [3.63, 3.8) is 0 Å². The summed E-state index contributed by atoms with van der Waals surface area (Å²) in [6.07, 6.45) is 2.48. The number of carbonyl (C=O) groups excluding carboxylic acids is 1. The Hall–Kier alpha value is -1.87. The Morgan fingerprint density at radius 3 is 2.90 bits per heavy atom. The number of piperidine rings is 1. The van der Waals surface area contributed by atoms with Crippen molar-refractivity contribution in [2.24, 2.45) is 5.92 Å². The summed E-state index contributed by atoms with van der Waals surface area (Å²) < 4.78 is 0. The molecular weight excluding hydrogens is 260 g/mol. The molecule has 0 aromatic heterocycles. The highest BCUT2D eigenvalue weighted by Gasteiger charge is 2.18. The molecule has 1 atom stereocenters. The van der Waals surface area contributed by atoms with Crippen LogP contribution in [0.3, 0.4) is 0 Å². The number of anilines is 1. The molecule has 1 fully saturated rings. The van der Waals surface area contributed by atoms with Crippen LogP contribution in [0.15, 0.2) is 42.5 Å². The number of amides is 1. The second-order valence-corrected chi connectivity index (χ2v) is 6.06. The van der Waals surface area contributed by atoms with E-state index in [0.717, 1.165) is 29.5 Å². The average molecular weight is 282 g/mol. The van der Waals surface area contributed by atoms with E-state index in [-0.39, 0.29) is 5.91 Å². The smallest absolute Gasteiger partial charge is 0.238 e. The lowest BCUT2D eigenvalue weighted by Crippen LogP contribution is -2.39. The second kappa shape index (κ2) is 6.27. The van der Waals surface area contributed by atoms with Gasteiger partial charge in [0.25, 0.3) is 0 Å². The third-order valence-electron chi connectivity index (χ3n) is 4.17. The molecule has 0 saturated carbocycles. The zero-order chi connectivity index (χ0) is 14.7. The summed E-state index contributed by atoms with van der Waals surface area (Å²) in [6, 6.07) is 14.2. The van der Waals surface area contributed by atoms with Gasteiger partial charge in [-0.3, -0.25) is 9.69 Å². The molecule has 1 amide bonds. The van der Waals surface area contributed by atoms with Crippen molar-refractivity contribution in [3.8, 4) is 0 Å². The van der Waals surface area contributed by atoms with Crippen molar-refractivity contribution >= 4 is 22.4 Å². The van der Waals surface area contributed by atoms with Gasteiger partial charge in [-0.25, -0.2) is 0 Å². The number of carbonyl (C=O) groups is 1. The van der Waals surface area contributed by atoms with Crippen LogP contribution in [0.5, 0.6) is 0 Å². The number of hydrogen-bond donors (Lipinski definition) is 1. The molecule has 0 unspecified atom stereocenters. The summed E-state index contributed by atoms with van der Waals surface area (Å²) in [4.78, 5) is 14.5. The van der Waals surface area contributed by atoms with Gasteiger partial charge in [0, 0.05) is 17.6 Å². The molecule has 1 aliphatic rings. The monoisotopic (exact) mass is 282 g/mol. The highest BCUT2D eigenvalue weighted by Crippen LogP contribution is 2.23. The maximum atomic E-state index is 12.3. The van der Waals surface area contributed by atoms with Gasteiger partial charge < -0.3 is 5.32 Å². The molecule has 0 bridgehead atoms. The molecule has 3 heteroatoms. The zero-order valence-corrected chi connectivity index (χ0v) is 12.5. The van der Waals surface area contributed by atoms with Crippen LogP contribution in [0.4, 0.5) is 5.69 Å². The minimum Gasteiger partial charge on any atom is -0.324 e. The highest BCUT2D eigenvalue weighted by molar-refractivity contribution is 6.02. The molecule has 1 aliphatic heterocycles. The molecule has 0 spiro atoms. The van der Waals surface area contributed by atoms with Gasteiger partial charge in [-0.15, -0.1) is 0 Å². The summed E-state index contributed by atoms with van der Waals surface area (Å²) in [6.45, 7) is 4.82. The molecule has 3 rings (SSSR count). The molecule has 2 aromatic carbocycles. The van der Waals surface area contributed by atoms with Crippen LogP contribution in [-0.4, -0.2) is 30.4 Å². The molecule has 2 aromatic rings. The predicted molar refractivity (Wildman–Crippen MR) is 87.4 cm³/mol. The molecule has 1 heterocycles. The first kappa shape index (κ1) is 14.1. The molecule has 0 radical (unpaired) electrons. The average Bonchev–Trinajstić information content (AvgIpc) is 2.47. The SMILES string of the molecule is C[C@H]1CCCN(CC(=O)Nc2cccc3ccccc23)C1. The number of hydrogen-bond acceptors (Lipinski definition) is 2. The Morgan fingerprint density at radius 2 is 2.05 bits per heavy atom. The van der Waals surface area contributed by atoms with E-state index in [9.17, 15) is 4.79 Å². The van der Waals surface area contributed by atoms with Crippen molar-refractivity contribution in [2.75, 3.05) is 25.0 Å². The van der Waals surface area contributed by atoms with Crippen LogP contribution < -0.4 is 5.32 Å². The highest BCUT2D eigenvalue weighted by atomic mass is 16.2. The number of likely N-dealkylation sites (tertiary alicyclic amines) is 1. The lowest BCUT2D eigenvalue weighted by atomic mass is 10.0. The van der Waals surface area contributed by atoms with E-state index < -0.39 is 0 Å². The number of rotatable bonds is 3. The molecule has 1 N–H and O–H groups in total. The topological polar surface area (TPSA) is 32.3 Å². The van der Waals surface area contributed by atoms with Gasteiger partial charge in [0.05, 0.1) is 6.54 Å². The summed E-state index contributed by atoms with van der Waals surface area (Å²) in [5.74, 6) is 0.782. The summed E-state index contributed by atoms with van der Waals surface area (Å²) in [5.41, 5.74) is 0.906. The van der Waals surface area contributed by atoms with E-state index in [4.69, 9.17) is 0 Å². The predicted octanol–water partition coefficient (Wildman–Crippen LogP) is 3.51. The Bertz CT molecular complexity index is 633. The summed E-state index contributed by atoms with van der Waals surface area (Å²) in [5, 5.41) is 5.32. The standard InChI is InChI=1S/C18H22N2O/c1-14-6-5-11-20(12-14)13-18(21)19-17-10-4-8-15-7-2-3-9-16(15)17/h2-4,7-10,14H,5-6,11-13H2,1H3,(H,19,21)/t14-/m0/s1. The third kappa shape index (κ3) is 3.42. The fourth-order valence-corrected chi connectivity index (χ4v) is 3.16. The van der Waals surface area contributed by atoms with Crippen LogP contribution in [0.1, 0.15) is 19.8 Å². The first-order valence-corrected chi connectivity index (χ1v) is 7.72. The van der Waals surface area contributed by atoms with Gasteiger partial charge in [-0.1, -0.05) is 43.3 Å². The minimum atomic E-state index is 0.0838. The van der Waals surface area contributed by atoms with E-state index in [1.54, 1.807) is 0 Å². The van der Waals surface area contributed by atoms with Crippen molar-refractivity contribution in [2.45, 2.75) is 19.8 Å². The zero-order valence-electron chi connectivity index (χ0n) is 12.5. The van der Waals surface area contributed by atoms with Crippen LogP contribution in [0.2, 0.25) is 0 Å². The Morgan fingerprint density at radius 1 is 1.24 bits per heavy atom. The van der Waals surface area contributed by atoms with Crippen molar-refractivity contribution in [1.29, 1.82) is 0 Å². The number of fused-ring (bicyclic) bond motifs is 1. The number of nitrogens with zero attached hydrogens (tertiary/aromatic N) is 1. The van der Waals surface area contributed by atoms with Gasteiger partial charge in [0.2, 0.25) is 5.91 Å². The van der Waals surface area contributed by atoms with E-state index in [0.29, 0.717) is 12.5 Å². The first-order valence-electron chi connectivity index (χ1n) is 7.72. The van der Waals surface area contributed by atoms with E-state index in [1.165, 1.54) is 12.8 Å². The van der Waals surface area contributed by atoms with Gasteiger partial charge >= 0.3 is 0 Å². The summed E-state index contributed by atoms with van der Waals surface area (Å²) in [7, 11) is 0. The molecule has 1 saturated heterocycles. The Balaban J connectivity index is 1.69. The van der Waals surface area contributed by atoms with Crippen LogP contribution in [0, 0.1) is 5.92 Å². The first-order chi connectivity index (χ1) is 10.2. The molecule has 0 aliphatic carbocycles. The number of nitrogens with one attached hydrogen (secondary N) is 1. The van der Waals surface area contributed by atoms with Crippen molar-refractivity contribution in [3.05, 3.63) is 42.5 Å². The van der Waals surface area contributed by atoms with E-state index in [1.807, 2.05) is 30.3 Å². The van der Waals surface area contributed by atoms with Gasteiger partial charge in [0.15, 0.2) is 0 Å².